The van der Waals surface area contributed by atoms with Crippen molar-refractivity contribution >= 4 is 34.9 Å². The van der Waals surface area contributed by atoms with Gasteiger partial charge in [0.05, 0.1) is 0 Å². The Hall–Kier alpha value is -0.980. The highest BCUT2D eigenvalue weighted by molar-refractivity contribution is 8.11. The third-order valence-electron chi connectivity index (χ3n) is 1.28. The molecule has 3 heteroatoms. The van der Waals surface area contributed by atoms with E-state index in [1.54, 1.807) is 0 Å². The molecule has 1 N–H and O–H groups in total. The molecular weight excluding hydrogens is 186 g/mol. The molecular formula is C9H7NS2. The number of rotatable bonds is 1. The molecule has 0 fully saturated rings. The average Bonchev–Trinajstić information content (AvgIpc) is 2.03. The third kappa shape index (κ3) is 2.57. The van der Waals surface area contributed by atoms with E-state index in [0.29, 0.717) is 4.32 Å². The molecule has 12 heavy (non-hydrogen) atoms. The molecule has 0 atom stereocenters. The summed E-state index contributed by atoms with van der Waals surface area (Å²) >= 11 is 8.70. The summed E-state index contributed by atoms with van der Waals surface area (Å²) in [4.78, 5) is 0. The minimum atomic E-state index is 0.434. The van der Waals surface area contributed by atoms with Crippen LogP contribution < -0.4 is 5.32 Å². The highest BCUT2D eigenvalue weighted by Gasteiger charge is 1.92. The van der Waals surface area contributed by atoms with Crippen LogP contribution in [0.3, 0.4) is 0 Å². The van der Waals surface area contributed by atoms with E-state index in [-0.39, 0.29) is 0 Å². The summed E-state index contributed by atoms with van der Waals surface area (Å²) in [7, 11) is 0. The number of terminal acetylenes is 1. The minimum absolute atomic E-state index is 0.434. The maximum atomic E-state index is 5.22. The van der Waals surface area contributed by atoms with Gasteiger partial charge in [0.1, 0.15) is 4.32 Å². The second-order valence-electron chi connectivity index (χ2n) is 2.16. The van der Waals surface area contributed by atoms with Crippen molar-refractivity contribution in [1.82, 2.24) is 0 Å². The number of hydrogen-bond donors (Lipinski definition) is 2. The SMILES string of the molecule is C#Cc1cccc(NC(=S)S)c1. The lowest BCUT2D eigenvalue weighted by molar-refractivity contribution is 1.62. The zero-order valence-electron chi connectivity index (χ0n) is 6.24. The van der Waals surface area contributed by atoms with Gasteiger partial charge in [-0.05, 0) is 18.2 Å². The Morgan fingerprint density at radius 1 is 1.58 bits per heavy atom. The molecule has 0 unspecified atom stereocenters. The van der Waals surface area contributed by atoms with Gasteiger partial charge in [0.25, 0.3) is 0 Å². The van der Waals surface area contributed by atoms with Crippen molar-refractivity contribution in [3.8, 4) is 12.3 Å². The Bertz CT molecular complexity index is 339. The van der Waals surface area contributed by atoms with E-state index in [4.69, 9.17) is 18.6 Å². The van der Waals surface area contributed by atoms with Crippen LogP contribution in [-0.4, -0.2) is 4.32 Å². The van der Waals surface area contributed by atoms with Crippen LogP contribution in [0.5, 0.6) is 0 Å². The predicted octanol–water partition coefficient (Wildman–Crippen LogP) is 2.29. The molecule has 60 valence electrons. The van der Waals surface area contributed by atoms with E-state index in [0.717, 1.165) is 11.3 Å². The Balaban J connectivity index is 2.88. The molecule has 0 aromatic heterocycles. The fraction of sp³-hybridized carbons (Fsp3) is 0. The Kier molecular flexibility index (Phi) is 3.15. The van der Waals surface area contributed by atoms with Gasteiger partial charge in [-0.25, -0.2) is 0 Å². The lowest BCUT2D eigenvalue weighted by atomic mass is 10.2. The topological polar surface area (TPSA) is 12.0 Å². The van der Waals surface area contributed by atoms with Crippen molar-refractivity contribution in [1.29, 1.82) is 0 Å². The molecule has 1 aromatic rings. The Morgan fingerprint density at radius 2 is 2.33 bits per heavy atom. The van der Waals surface area contributed by atoms with Crippen molar-refractivity contribution in [3.05, 3.63) is 29.8 Å². The second-order valence-corrected chi connectivity index (χ2v) is 3.31. The van der Waals surface area contributed by atoms with Crippen molar-refractivity contribution in [2.75, 3.05) is 5.32 Å². The number of thiocarbonyl (C=S) groups is 1. The van der Waals surface area contributed by atoms with Gasteiger partial charge >= 0.3 is 0 Å². The number of nitrogens with one attached hydrogen (secondary N) is 1. The second kappa shape index (κ2) is 4.15. The van der Waals surface area contributed by atoms with Gasteiger partial charge in [0.2, 0.25) is 0 Å². The largest absolute Gasteiger partial charge is 0.341 e. The van der Waals surface area contributed by atoms with E-state index < -0.39 is 0 Å². The van der Waals surface area contributed by atoms with Gasteiger partial charge < -0.3 is 5.32 Å². The van der Waals surface area contributed by atoms with Gasteiger partial charge in [-0.1, -0.05) is 24.2 Å². The highest BCUT2D eigenvalue weighted by Crippen LogP contribution is 2.10. The first-order valence-corrected chi connectivity index (χ1v) is 4.14. The first kappa shape index (κ1) is 9.11. The molecule has 0 aliphatic rings. The van der Waals surface area contributed by atoms with Gasteiger partial charge in [-0.2, -0.15) is 0 Å². The van der Waals surface area contributed by atoms with Crippen molar-refractivity contribution in [2.24, 2.45) is 0 Å². The van der Waals surface area contributed by atoms with Gasteiger partial charge in [-0.15, -0.1) is 19.1 Å². The Labute approximate surface area is 82.6 Å². The van der Waals surface area contributed by atoms with Crippen LogP contribution in [0.15, 0.2) is 24.3 Å². The molecule has 1 rings (SSSR count). The summed E-state index contributed by atoms with van der Waals surface area (Å²) in [5, 5.41) is 2.88. The third-order valence-corrected chi connectivity index (χ3v) is 1.49. The molecule has 0 bridgehead atoms. The lowest BCUT2D eigenvalue weighted by Gasteiger charge is -2.02. The van der Waals surface area contributed by atoms with Crippen LogP contribution in [0.25, 0.3) is 0 Å². The van der Waals surface area contributed by atoms with Crippen molar-refractivity contribution < 1.29 is 0 Å². The zero-order chi connectivity index (χ0) is 8.97. The standard InChI is InChI=1S/C9H7NS2/c1-2-7-4-3-5-8(6-7)10-9(11)12/h1,3-6H,(H2,10,11,12). The monoisotopic (exact) mass is 193 g/mol. The molecule has 0 heterocycles. The number of anilines is 1. The molecule has 1 aromatic carbocycles. The molecule has 0 saturated carbocycles. The van der Waals surface area contributed by atoms with Crippen LogP contribution in [0.1, 0.15) is 5.56 Å². The molecule has 0 amide bonds. The smallest absolute Gasteiger partial charge is 0.135 e. The maximum absolute atomic E-state index is 5.22. The molecule has 0 spiro atoms. The Morgan fingerprint density at radius 3 is 2.92 bits per heavy atom. The van der Waals surface area contributed by atoms with Crippen molar-refractivity contribution in [3.63, 3.8) is 0 Å². The van der Waals surface area contributed by atoms with E-state index in [2.05, 4.69) is 23.9 Å². The summed E-state index contributed by atoms with van der Waals surface area (Å²) in [6.07, 6.45) is 5.22. The highest BCUT2D eigenvalue weighted by atomic mass is 32.1. The summed E-state index contributed by atoms with van der Waals surface area (Å²) in [5.74, 6) is 2.53. The average molecular weight is 193 g/mol. The predicted molar refractivity (Wildman–Crippen MR) is 59.6 cm³/mol. The van der Waals surface area contributed by atoms with E-state index in [9.17, 15) is 0 Å². The molecule has 1 nitrogen and oxygen atoms in total. The van der Waals surface area contributed by atoms with Gasteiger partial charge in [-0.3, -0.25) is 0 Å². The zero-order valence-corrected chi connectivity index (χ0v) is 7.95. The summed E-state index contributed by atoms with van der Waals surface area (Å²) in [5.41, 5.74) is 1.69. The first-order chi connectivity index (χ1) is 5.72. The number of hydrogen-bond acceptors (Lipinski definition) is 1. The van der Waals surface area contributed by atoms with E-state index in [1.807, 2.05) is 24.3 Å². The maximum Gasteiger partial charge on any atom is 0.135 e. The van der Waals surface area contributed by atoms with Crippen LogP contribution in [-0.2, 0) is 0 Å². The molecule has 0 radical (unpaired) electrons. The van der Waals surface area contributed by atoms with Gasteiger partial charge in [0, 0.05) is 11.3 Å². The first-order valence-electron chi connectivity index (χ1n) is 3.29. The van der Waals surface area contributed by atoms with E-state index in [1.165, 1.54) is 0 Å². The molecule has 0 aliphatic heterocycles. The van der Waals surface area contributed by atoms with Crippen molar-refractivity contribution in [2.45, 2.75) is 0 Å². The summed E-state index contributed by atoms with van der Waals surface area (Å²) in [6.45, 7) is 0. The normalized spacial score (nSPS) is 8.67. The fourth-order valence-electron chi connectivity index (χ4n) is 0.810. The fourth-order valence-corrected chi connectivity index (χ4v) is 1.06. The lowest BCUT2D eigenvalue weighted by Crippen LogP contribution is -2.00. The quantitative estimate of drug-likeness (QED) is 0.403. The number of thiol groups is 1. The van der Waals surface area contributed by atoms with Crippen LogP contribution in [0.4, 0.5) is 5.69 Å². The molecule has 0 aliphatic carbocycles. The molecule has 0 saturated heterocycles. The van der Waals surface area contributed by atoms with Crippen LogP contribution in [0, 0.1) is 12.3 Å². The van der Waals surface area contributed by atoms with E-state index >= 15 is 0 Å². The summed E-state index contributed by atoms with van der Waals surface area (Å²) < 4.78 is 0.434. The minimum Gasteiger partial charge on any atom is -0.341 e. The number of benzene rings is 1. The van der Waals surface area contributed by atoms with Crippen LogP contribution >= 0.6 is 24.8 Å². The van der Waals surface area contributed by atoms with Crippen LogP contribution in [0.2, 0.25) is 0 Å². The van der Waals surface area contributed by atoms with Gasteiger partial charge in [0.15, 0.2) is 0 Å². The summed E-state index contributed by atoms with van der Waals surface area (Å²) in [6, 6.07) is 7.43.